The van der Waals surface area contributed by atoms with Gasteiger partial charge in [-0.2, -0.15) is 0 Å². The molecule has 1 aliphatic heterocycles. The van der Waals surface area contributed by atoms with Crippen LogP contribution in [0.2, 0.25) is 0 Å². The first kappa shape index (κ1) is 16.8. The van der Waals surface area contributed by atoms with Crippen molar-refractivity contribution in [1.29, 1.82) is 0 Å². The molecule has 0 unspecified atom stereocenters. The van der Waals surface area contributed by atoms with Gasteiger partial charge in [0.05, 0.1) is 17.5 Å². The third kappa shape index (κ3) is 4.01. The second-order valence-corrected chi connectivity index (χ2v) is 7.42. The second kappa shape index (κ2) is 7.15. The molecule has 22 heavy (non-hydrogen) atoms. The van der Waals surface area contributed by atoms with Gasteiger partial charge in [0.1, 0.15) is 6.33 Å². The maximum absolute atomic E-state index is 12.7. The van der Waals surface area contributed by atoms with Crippen molar-refractivity contribution in [1.82, 2.24) is 19.2 Å². The first-order valence-electron chi connectivity index (χ1n) is 7.46. The molecule has 0 bridgehead atoms. The van der Waals surface area contributed by atoms with E-state index >= 15 is 0 Å². The van der Waals surface area contributed by atoms with E-state index in [1.807, 2.05) is 6.92 Å². The van der Waals surface area contributed by atoms with Gasteiger partial charge in [-0.1, -0.05) is 13.3 Å². The molecule has 0 spiro atoms. The molecule has 0 aliphatic carbocycles. The maximum atomic E-state index is 12.7. The number of carbonyl (C=O) groups excluding carboxylic acids is 1. The molecule has 122 valence electrons. The lowest BCUT2D eigenvalue weighted by molar-refractivity contribution is 0.0762. The Morgan fingerprint density at radius 3 is 2.73 bits per heavy atom. The van der Waals surface area contributed by atoms with Gasteiger partial charge in [0.15, 0.2) is 0 Å². The Morgan fingerprint density at radius 2 is 2.05 bits per heavy atom. The molecule has 2 heterocycles. The van der Waals surface area contributed by atoms with Crippen LogP contribution in [0.5, 0.6) is 0 Å². The van der Waals surface area contributed by atoms with Gasteiger partial charge >= 0.3 is 0 Å². The zero-order chi connectivity index (χ0) is 16.2. The lowest BCUT2D eigenvalue weighted by atomic mass is 10.1. The van der Waals surface area contributed by atoms with E-state index in [-0.39, 0.29) is 5.91 Å². The van der Waals surface area contributed by atoms with Crippen LogP contribution in [-0.4, -0.2) is 65.9 Å². The predicted molar refractivity (Wildman–Crippen MR) is 83.0 cm³/mol. The average Bonchev–Trinajstić information content (AvgIpc) is 2.73. The van der Waals surface area contributed by atoms with E-state index in [4.69, 9.17) is 0 Å². The van der Waals surface area contributed by atoms with Gasteiger partial charge in [0.2, 0.25) is 10.0 Å². The van der Waals surface area contributed by atoms with Gasteiger partial charge in [-0.15, -0.1) is 0 Å². The second-order valence-electron chi connectivity index (χ2n) is 5.44. The minimum Gasteiger partial charge on any atom is -0.337 e. The number of amides is 1. The molecular formula is C14H22N4O3S. The van der Waals surface area contributed by atoms with Crippen LogP contribution in [0.25, 0.3) is 0 Å². The summed E-state index contributed by atoms with van der Waals surface area (Å²) in [6.07, 6.45) is 6.48. The Labute approximate surface area is 131 Å². The van der Waals surface area contributed by atoms with Gasteiger partial charge in [-0.25, -0.2) is 22.7 Å². The van der Waals surface area contributed by atoms with Crippen LogP contribution in [0.15, 0.2) is 12.5 Å². The first-order chi connectivity index (χ1) is 10.4. The molecular weight excluding hydrogens is 304 g/mol. The van der Waals surface area contributed by atoms with Crippen molar-refractivity contribution in [3.8, 4) is 0 Å². The molecule has 1 fully saturated rings. The van der Waals surface area contributed by atoms with E-state index in [2.05, 4.69) is 9.97 Å². The first-order valence-corrected chi connectivity index (χ1v) is 9.31. The lowest BCUT2D eigenvalue weighted by Crippen LogP contribution is -2.37. The zero-order valence-electron chi connectivity index (χ0n) is 13.0. The topological polar surface area (TPSA) is 83.5 Å². The van der Waals surface area contributed by atoms with Crippen LogP contribution in [0.4, 0.5) is 0 Å². The summed E-state index contributed by atoms with van der Waals surface area (Å²) >= 11 is 0. The van der Waals surface area contributed by atoms with Crippen molar-refractivity contribution < 1.29 is 13.2 Å². The number of nitrogens with zero attached hydrogens (tertiary/aromatic N) is 4. The Kier molecular flexibility index (Phi) is 5.47. The summed E-state index contributed by atoms with van der Waals surface area (Å²) in [5.41, 5.74) is 1.28. The summed E-state index contributed by atoms with van der Waals surface area (Å²) in [4.78, 5) is 22.5. The molecule has 1 amide bonds. The number of sulfonamides is 1. The Balaban J connectivity index is 2.14. The molecule has 0 radical (unpaired) electrons. The highest BCUT2D eigenvalue weighted by molar-refractivity contribution is 7.88. The summed E-state index contributed by atoms with van der Waals surface area (Å²) in [5, 5.41) is 0. The van der Waals surface area contributed by atoms with E-state index in [0.29, 0.717) is 38.2 Å². The molecule has 7 nitrogen and oxygen atoms in total. The minimum atomic E-state index is -3.21. The van der Waals surface area contributed by atoms with Crippen LogP contribution in [-0.2, 0) is 16.4 Å². The third-order valence-electron chi connectivity index (χ3n) is 3.72. The number of aryl methyl sites for hydroxylation is 1. The predicted octanol–water partition coefficient (Wildman–Crippen LogP) is 0.537. The van der Waals surface area contributed by atoms with Crippen LogP contribution in [0.1, 0.15) is 35.8 Å². The van der Waals surface area contributed by atoms with Gasteiger partial charge in [-0.3, -0.25) is 4.79 Å². The average molecular weight is 326 g/mol. The van der Waals surface area contributed by atoms with E-state index in [9.17, 15) is 13.2 Å². The smallest absolute Gasteiger partial charge is 0.257 e. The third-order valence-corrected chi connectivity index (χ3v) is 5.03. The number of hydrogen-bond acceptors (Lipinski definition) is 5. The van der Waals surface area contributed by atoms with Crippen molar-refractivity contribution >= 4 is 15.9 Å². The largest absolute Gasteiger partial charge is 0.337 e. The number of carbonyl (C=O) groups is 1. The molecule has 1 aromatic heterocycles. The van der Waals surface area contributed by atoms with Crippen molar-refractivity contribution in [2.45, 2.75) is 26.2 Å². The fourth-order valence-electron chi connectivity index (χ4n) is 2.57. The Hall–Kier alpha value is -1.54. The van der Waals surface area contributed by atoms with Crippen LogP contribution >= 0.6 is 0 Å². The summed E-state index contributed by atoms with van der Waals surface area (Å²) in [6.45, 7) is 3.76. The summed E-state index contributed by atoms with van der Waals surface area (Å²) in [6, 6.07) is 0. The molecule has 1 aromatic rings. The van der Waals surface area contributed by atoms with Crippen molar-refractivity contribution in [2.75, 3.05) is 32.4 Å². The molecule has 0 atom stereocenters. The van der Waals surface area contributed by atoms with Crippen molar-refractivity contribution in [3.63, 3.8) is 0 Å². The quantitative estimate of drug-likeness (QED) is 0.806. The van der Waals surface area contributed by atoms with Crippen LogP contribution in [0.3, 0.4) is 0 Å². The minimum absolute atomic E-state index is 0.112. The number of hydrogen-bond donors (Lipinski definition) is 0. The summed E-state index contributed by atoms with van der Waals surface area (Å²) in [7, 11) is -3.21. The van der Waals surface area contributed by atoms with Crippen molar-refractivity contribution in [3.05, 3.63) is 23.8 Å². The Bertz CT molecular complexity index is 633. The molecule has 2 rings (SSSR count). The fraction of sp³-hybridized carbons (Fsp3) is 0.643. The summed E-state index contributed by atoms with van der Waals surface area (Å²) in [5.74, 6) is -0.112. The van der Waals surface area contributed by atoms with Crippen molar-refractivity contribution in [2.24, 2.45) is 0 Å². The van der Waals surface area contributed by atoms with Crippen LogP contribution < -0.4 is 0 Å². The normalized spacial score (nSPS) is 17.3. The van der Waals surface area contributed by atoms with Crippen LogP contribution in [0, 0.1) is 0 Å². The molecule has 0 aromatic carbocycles. The molecule has 8 heteroatoms. The van der Waals surface area contributed by atoms with Gasteiger partial charge in [-0.05, 0) is 12.8 Å². The standard InChI is InChI=1S/C14H22N4O3S/c1-3-5-13-12(10-15-11-16-13)14(19)17-6-4-7-18(9-8-17)22(2,20)21/h10-11H,3-9H2,1-2H3. The van der Waals surface area contributed by atoms with E-state index in [0.717, 1.165) is 18.5 Å². The molecule has 0 saturated carbocycles. The van der Waals surface area contributed by atoms with E-state index < -0.39 is 10.0 Å². The van der Waals surface area contributed by atoms with Gasteiger partial charge in [0, 0.05) is 32.4 Å². The number of rotatable bonds is 4. The van der Waals surface area contributed by atoms with Gasteiger partial charge < -0.3 is 4.90 Å². The highest BCUT2D eigenvalue weighted by Crippen LogP contribution is 2.13. The highest BCUT2D eigenvalue weighted by Gasteiger charge is 2.25. The fourth-order valence-corrected chi connectivity index (χ4v) is 3.44. The number of aromatic nitrogens is 2. The highest BCUT2D eigenvalue weighted by atomic mass is 32.2. The monoisotopic (exact) mass is 326 g/mol. The molecule has 1 aliphatic rings. The molecule has 1 saturated heterocycles. The Morgan fingerprint density at radius 1 is 1.27 bits per heavy atom. The maximum Gasteiger partial charge on any atom is 0.257 e. The SMILES string of the molecule is CCCc1ncncc1C(=O)N1CCCN(S(C)(=O)=O)CC1. The lowest BCUT2D eigenvalue weighted by Gasteiger charge is -2.21. The zero-order valence-corrected chi connectivity index (χ0v) is 13.8. The molecule has 0 N–H and O–H groups in total. The van der Waals surface area contributed by atoms with E-state index in [1.165, 1.54) is 16.9 Å². The van der Waals surface area contributed by atoms with Gasteiger partial charge in [0.25, 0.3) is 5.91 Å². The summed E-state index contributed by atoms with van der Waals surface area (Å²) < 4.78 is 24.7. The van der Waals surface area contributed by atoms with E-state index in [1.54, 1.807) is 11.1 Å².